The molecule has 3 aromatic carbocycles. The summed E-state index contributed by atoms with van der Waals surface area (Å²) in [6, 6.07) is 21.9. The van der Waals surface area contributed by atoms with Crippen LogP contribution in [-0.2, 0) is 20.4 Å². The Kier molecular flexibility index (Phi) is 3.10. The van der Waals surface area contributed by atoms with Gasteiger partial charge in [0.05, 0.1) is 0 Å². The fourth-order valence-corrected chi connectivity index (χ4v) is 3.77. The molecular formula is C20H15Ti. The first-order chi connectivity index (χ1) is 10.3. The van der Waals surface area contributed by atoms with E-state index in [2.05, 4.69) is 94.1 Å². The molecule has 21 heavy (non-hydrogen) atoms. The first-order valence-corrected chi connectivity index (χ1v) is 8.16. The minimum atomic E-state index is 0.537. The van der Waals surface area contributed by atoms with Crippen molar-refractivity contribution in [1.29, 1.82) is 0 Å². The van der Waals surface area contributed by atoms with Crippen molar-refractivity contribution in [2.75, 3.05) is 0 Å². The SMILES string of the molecule is CC1=Cc2c(-c3cccc4ccccc34)cccc2[CH]1[Ti]. The molecule has 99 valence electrons. The van der Waals surface area contributed by atoms with E-state index in [4.69, 9.17) is 0 Å². The molecule has 0 heterocycles. The molecule has 1 aliphatic carbocycles. The Morgan fingerprint density at radius 2 is 1.52 bits per heavy atom. The van der Waals surface area contributed by atoms with E-state index in [-0.39, 0.29) is 0 Å². The molecule has 1 atom stereocenters. The second-order valence-electron chi connectivity index (χ2n) is 5.66. The van der Waals surface area contributed by atoms with Crippen molar-refractivity contribution in [2.45, 2.75) is 11.1 Å². The normalized spacial score (nSPS) is 16.8. The molecule has 0 N–H and O–H groups in total. The maximum atomic E-state index is 2.36. The third-order valence-electron chi connectivity index (χ3n) is 4.36. The molecule has 0 fully saturated rings. The summed E-state index contributed by atoms with van der Waals surface area (Å²) in [5.74, 6) is 0. The Bertz CT molecular complexity index is 869. The zero-order valence-corrected chi connectivity index (χ0v) is 13.5. The molecule has 4 rings (SSSR count). The van der Waals surface area contributed by atoms with Crippen LogP contribution in [-0.4, -0.2) is 0 Å². The Balaban J connectivity index is 2.04. The van der Waals surface area contributed by atoms with Gasteiger partial charge in [-0.3, -0.25) is 0 Å². The van der Waals surface area contributed by atoms with E-state index >= 15 is 0 Å². The number of rotatable bonds is 1. The van der Waals surface area contributed by atoms with Gasteiger partial charge in [0.1, 0.15) is 0 Å². The second kappa shape index (κ2) is 4.98. The van der Waals surface area contributed by atoms with Crippen molar-refractivity contribution in [1.82, 2.24) is 0 Å². The zero-order chi connectivity index (χ0) is 14.4. The van der Waals surface area contributed by atoms with Crippen LogP contribution in [0.1, 0.15) is 22.3 Å². The van der Waals surface area contributed by atoms with Gasteiger partial charge in [-0.2, -0.15) is 0 Å². The predicted molar refractivity (Wildman–Crippen MR) is 85.8 cm³/mol. The van der Waals surface area contributed by atoms with Crippen molar-refractivity contribution < 1.29 is 20.4 Å². The molecular weight excluding hydrogens is 288 g/mol. The van der Waals surface area contributed by atoms with E-state index in [0.717, 1.165) is 0 Å². The van der Waals surface area contributed by atoms with Gasteiger partial charge in [0.15, 0.2) is 0 Å². The number of hydrogen-bond acceptors (Lipinski definition) is 0. The number of fused-ring (bicyclic) bond motifs is 2. The van der Waals surface area contributed by atoms with Crippen LogP contribution in [0.25, 0.3) is 28.0 Å². The fourth-order valence-electron chi connectivity index (χ4n) is 3.25. The molecule has 0 nitrogen and oxygen atoms in total. The van der Waals surface area contributed by atoms with Gasteiger partial charge in [0.2, 0.25) is 0 Å². The van der Waals surface area contributed by atoms with Gasteiger partial charge in [0.25, 0.3) is 0 Å². The Labute approximate surface area is 136 Å². The predicted octanol–water partition coefficient (Wildman–Crippen LogP) is 5.51. The molecule has 1 unspecified atom stereocenters. The van der Waals surface area contributed by atoms with Crippen LogP contribution >= 0.6 is 0 Å². The van der Waals surface area contributed by atoms with Gasteiger partial charge in [-0.1, -0.05) is 0 Å². The summed E-state index contributed by atoms with van der Waals surface area (Å²) in [6.07, 6.45) is 2.36. The average Bonchev–Trinajstić information content (AvgIpc) is 2.82. The summed E-state index contributed by atoms with van der Waals surface area (Å²) in [5, 5.41) is 2.64. The summed E-state index contributed by atoms with van der Waals surface area (Å²) < 4.78 is 0.537. The minimum absolute atomic E-state index is 0.537. The standard InChI is InChI=1S/C20H15.Ti/c1-14-12-16-8-5-11-19(20(16)13-14)18-10-4-7-15-6-2-3-9-17(15)18;/h2-13H,1H3;. The number of allylic oxidation sites excluding steroid dienone is 1. The number of hydrogen-bond donors (Lipinski definition) is 0. The Morgan fingerprint density at radius 3 is 2.43 bits per heavy atom. The van der Waals surface area contributed by atoms with Crippen LogP contribution in [0.15, 0.2) is 66.2 Å². The molecule has 0 radical (unpaired) electrons. The number of benzene rings is 3. The van der Waals surface area contributed by atoms with Gasteiger partial charge in [-0.25, -0.2) is 0 Å². The van der Waals surface area contributed by atoms with E-state index in [9.17, 15) is 0 Å². The monoisotopic (exact) mass is 303 g/mol. The Hall–Kier alpha value is -1.63. The fraction of sp³-hybridized carbons (Fsp3) is 0.100. The molecule has 0 saturated carbocycles. The summed E-state index contributed by atoms with van der Waals surface area (Å²) in [5.41, 5.74) is 7.01. The van der Waals surface area contributed by atoms with E-state index in [1.54, 1.807) is 0 Å². The second-order valence-corrected chi connectivity index (χ2v) is 6.56. The zero-order valence-electron chi connectivity index (χ0n) is 11.9. The van der Waals surface area contributed by atoms with Crippen LogP contribution in [0, 0.1) is 0 Å². The van der Waals surface area contributed by atoms with Crippen molar-refractivity contribution >= 4 is 16.8 Å². The topological polar surface area (TPSA) is 0 Å². The third kappa shape index (κ3) is 2.02. The van der Waals surface area contributed by atoms with E-state index < -0.39 is 0 Å². The molecule has 0 spiro atoms. The van der Waals surface area contributed by atoms with E-state index in [1.165, 1.54) is 38.6 Å². The van der Waals surface area contributed by atoms with Crippen molar-refractivity contribution in [3.8, 4) is 11.1 Å². The molecule has 0 bridgehead atoms. The maximum absolute atomic E-state index is 2.36. The molecule has 3 aromatic rings. The molecule has 0 amide bonds. The van der Waals surface area contributed by atoms with Crippen LogP contribution < -0.4 is 0 Å². The van der Waals surface area contributed by atoms with Gasteiger partial charge in [-0.05, 0) is 0 Å². The first-order valence-electron chi connectivity index (χ1n) is 7.26. The molecule has 1 aliphatic rings. The van der Waals surface area contributed by atoms with Crippen molar-refractivity contribution in [3.05, 3.63) is 77.4 Å². The summed E-state index contributed by atoms with van der Waals surface area (Å²) >= 11 is 2.30. The quantitative estimate of drug-likeness (QED) is 0.520. The van der Waals surface area contributed by atoms with Gasteiger partial charge in [-0.15, -0.1) is 0 Å². The summed E-state index contributed by atoms with van der Waals surface area (Å²) in [4.78, 5) is 0. The Morgan fingerprint density at radius 1 is 0.810 bits per heavy atom. The van der Waals surface area contributed by atoms with Crippen LogP contribution in [0.3, 0.4) is 0 Å². The van der Waals surface area contributed by atoms with E-state index in [0.29, 0.717) is 4.22 Å². The third-order valence-corrected chi connectivity index (χ3v) is 5.55. The average molecular weight is 303 g/mol. The van der Waals surface area contributed by atoms with Crippen molar-refractivity contribution in [3.63, 3.8) is 0 Å². The molecule has 0 aromatic heterocycles. The van der Waals surface area contributed by atoms with Crippen molar-refractivity contribution in [2.24, 2.45) is 0 Å². The van der Waals surface area contributed by atoms with Crippen LogP contribution in [0.2, 0.25) is 0 Å². The first kappa shape index (κ1) is 13.1. The molecule has 0 aliphatic heterocycles. The summed E-state index contributed by atoms with van der Waals surface area (Å²) in [7, 11) is 0. The van der Waals surface area contributed by atoms with Gasteiger partial charge < -0.3 is 0 Å². The van der Waals surface area contributed by atoms with Crippen LogP contribution in [0.5, 0.6) is 0 Å². The van der Waals surface area contributed by atoms with E-state index in [1.807, 2.05) is 0 Å². The summed E-state index contributed by atoms with van der Waals surface area (Å²) in [6.45, 7) is 2.23. The molecule has 1 heteroatoms. The van der Waals surface area contributed by atoms with Gasteiger partial charge >= 0.3 is 137 Å². The molecule has 0 saturated heterocycles. The van der Waals surface area contributed by atoms with Crippen LogP contribution in [0.4, 0.5) is 0 Å². The van der Waals surface area contributed by atoms with Gasteiger partial charge in [0, 0.05) is 0 Å².